The third-order valence-electron chi connectivity index (χ3n) is 5.14. The molecule has 4 rings (SSSR count). The van der Waals surface area contributed by atoms with Crippen LogP contribution in [0.1, 0.15) is 28.3 Å². The van der Waals surface area contributed by atoms with E-state index in [-0.39, 0.29) is 18.9 Å². The number of carbonyl (C=O) groups is 3. The summed E-state index contributed by atoms with van der Waals surface area (Å²) in [6.45, 7) is 3.69. The third-order valence-corrected chi connectivity index (χ3v) is 5.14. The molecule has 1 unspecified atom stereocenters. The predicted octanol–water partition coefficient (Wildman–Crippen LogP) is 2.86. The minimum absolute atomic E-state index is 0.0920. The molecule has 2 aromatic carbocycles. The van der Waals surface area contributed by atoms with Gasteiger partial charge in [-0.25, -0.2) is 0 Å². The van der Waals surface area contributed by atoms with Crippen molar-refractivity contribution in [1.82, 2.24) is 10.9 Å². The van der Waals surface area contributed by atoms with Gasteiger partial charge >= 0.3 is 0 Å². The number of amides is 3. The fourth-order valence-electron chi connectivity index (χ4n) is 3.70. The monoisotopic (exact) mass is 391 g/mol. The number of aryl methyl sites for hydroxylation is 2. The number of hydrazine groups is 1. The van der Waals surface area contributed by atoms with Gasteiger partial charge in [-0.2, -0.15) is 0 Å². The minimum atomic E-state index is -0.547. The van der Waals surface area contributed by atoms with E-state index in [0.717, 1.165) is 16.5 Å². The zero-order valence-corrected chi connectivity index (χ0v) is 16.2. The van der Waals surface area contributed by atoms with Gasteiger partial charge in [-0.1, -0.05) is 36.4 Å². The van der Waals surface area contributed by atoms with Crippen molar-refractivity contribution < 1.29 is 18.8 Å². The van der Waals surface area contributed by atoms with Crippen LogP contribution in [0.5, 0.6) is 0 Å². The second kappa shape index (κ2) is 7.43. The summed E-state index contributed by atoms with van der Waals surface area (Å²) in [5, 5.41) is 1.99. The smallest absolute Gasteiger partial charge is 0.273 e. The molecule has 7 nitrogen and oxygen atoms in total. The summed E-state index contributed by atoms with van der Waals surface area (Å²) < 4.78 is 5.33. The number of hydrogen-bond donors (Lipinski definition) is 2. The fraction of sp³-hybridized carbons (Fsp3) is 0.227. The number of anilines is 1. The molecule has 1 aliphatic rings. The molecule has 148 valence electrons. The lowest BCUT2D eigenvalue weighted by Gasteiger charge is -2.19. The van der Waals surface area contributed by atoms with Crippen molar-refractivity contribution in [2.45, 2.75) is 20.3 Å². The first-order valence-electron chi connectivity index (χ1n) is 9.39. The first-order valence-corrected chi connectivity index (χ1v) is 9.39. The van der Waals surface area contributed by atoms with Crippen molar-refractivity contribution in [2.75, 3.05) is 11.4 Å². The number of rotatable bonds is 3. The quantitative estimate of drug-likeness (QED) is 0.672. The molecule has 1 aliphatic heterocycles. The van der Waals surface area contributed by atoms with E-state index in [1.54, 1.807) is 24.8 Å². The topological polar surface area (TPSA) is 91.7 Å². The summed E-state index contributed by atoms with van der Waals surface area (Å²) in [6.07, 6.45) is 0.0920. The fourth-order valence-corrected chi connectivity index (χ4v) is 3.70. The normalized spacial score (nSPS) is 16.3. The lowest BCUT2D eigenvalue weighted by atomic mass is 10.1. The van der Waals surface area contributed by atoms with Crippen LogP contribution in [0.2, 0.25) is 0 Å². The van der Waals surface area contributed by atoms with Crippen LogP contribution in [0.15, 0.2) is 52.9 Å². The molecular weight excluding hydrogens is 370 g/mol. The number of hydrogen-bond acceptors (Lipinski definition) is 4. The Morgan fingerprint density at radius 1 is 1.07 bits per heavy atom. The van der Waals surface area contributed by atoms with E-state index in [0.29, 0.717) is 17.1 Å². The summed E-state index contributed by atoms with van der Waals surface area (Å²) in [7, 11) is 0. The number of nitrogens with zero attached hydrogens (tertiary/aromatic N) is 1. The van der Waals surface area contributed by atoms with E-state index >= 15 is 0 Å². The predicted molar refractivity (Wildman–Crippen MR) is 108 cm³/mol. The molecule has 3 aromatic rings. The summed E-state index contributed by atoms with van der Waals surface area (Å²) in [6, 6.07) is 15.2. The Kier molecular flexibility index (Phi) is 4.80. The molecule has 1 saturated heterocycles. The van der Waals surface area contributed by atoms with Crippen LogP contribution < -0.4 is 15.8 Å². The van der Waals surface area contributed by atoms with Gasteiger partial charge in [0.2, 0.25) is 11.8 Å². The molecule has 1 aromatic heterocycles. The molecule has 0 saturated carbocycles. The van der Waals surface area contributed by atoms with Crippen molar-refractivity contribution >= 4 is 34.2 Å². The van der Waals surface area contributed by atoms with Gasteiger partial charge < -0.3 is 9.32 Å². The van der Waals surface area contributed by atoms with Gasteiger partial charge in [0.05, 0.1) is 17.2 Å². The maximum atomic E-state index is 12.6. The molecule has 0 radical (unpaired) electrons. The molecule has 0 bridgehead atoms. The van der Waals surface area contributed by atoms with Crippen LogP contribution in [-0.4, -0.2) is 24.3 Å². The Bertz CT molecular complexity index is 1110. The van der Waals surface area contributed by atoms with Crippen LogP contribution in [0.3, 0.4) is 0 Å². The highest BCUT2D eigenvalue weighted by Gasteiger charge is 2.36. The second-order valence-corrected chi connectivity index (χ2v) is 7.17. The Morgan fingerprint density at radius 3 is 2.59 bits per heavy atom. The zero-order valence-electron chi connectivity index (χ0n) is 16.2. The van der Waals surface area contributed by atoms with Gasteiger partial charge in [0.15, 0.2) is 0 Å². The van der Waals surface area contributed by atoms with Crippen molar-refractivity contribution in [2.24, 2.45) is 5.92 Å². The van der Waals surface area contributed by atoms with Crippen LogP contribution in [0.25, 0.3) is 10.8 Å². The van der Waals surface area contributed by atoms with Crippen molar-refractivity contribution in [3.8, 4) is 0 Å². The maximum absolute atomic E-state index is 12.6. The van der Waals surface area contributed by atoms with Crippen LogP contribution in [0, 0.1) is 19.8 Å². The highest BCUT2D eigenvalue weighted by molar-refractivity contribution is 6.07. The van der Waals surface area contributed by atoms with Gasteiger partial charge in [0, 0.05) is 18.4 Å². The molecule has 3 amide bonds. The number of fused-ring (bicyclic) bond motifs is 1. The van der Waals surface area contributed by atoms with Crippen molar-refractivity contribution in [1.29, 1.82) is 0 Å². The number of benzene rings is 2. The summed E-state index contributed by atoms with van der Waals surface area (Å²) in [5.74, 6) is -0.420. The van der Waals surface area contributed by atoms with E-state index in [2.05, 4.69) is 10.9 Å². The largest absolute Gasteiger partial charge is 0.466 e. The Labute approximate surface area is 167 Å². The highest BCUT2D eigenvalue weighted by Crippen LogP contribution is 2.31. The third kappa shape index (κ3) is 3.59. The molecule has 0 aliphatic carbocycles. The maximum Gasteiger partial charge on any atom is 0.273 e. The second-order valence-electron chi connectivity index (χ2n) is 7.17. The number of nitrogens with one attached hydrogen (secondary N) is 2. The summed E-state index contributed by atoms with van der Waals surface area (Å²) in [4.78, 5) is 39.0. The Hall–Kier alpha value is -3.61. The van der Waals surface area contributed by atoms with Gasteiger partial charge in [0.1, 0.15) is 11.5 Å². The number of carbonyl (C=O) groups excluding carboxylic acids is 3. The lowest BCUT2D eigenvalue weighted by molar-refractivity contribution is -0.126. The first kappa shape index (κ1) is 18.7. The van der Waals surface area contributed by atoms with E-state index < -0.39 is 17.7 Å². The van der Waals surface area contributed by atoms with Crippen LogP contribution in [-0.2, 0) is 9.59 Å². The van der Waals surface area contributed by atoms with Gasteiger partial charge in [-0.15, -0.1) is 0 Å². The number of furan rings is 1. The van der Waals surface area contributed by atoms with Gasteiger partial charge in [0.25, 0.3) is 5.91 Å². The lowest BCUT2D eigenvalue weighted by Crippen LogP contribution is -2.45. The Balaban J connectivity index is 1.44. The molecular formula is C22H21N3O4. The van der Waals surface area contributed by atoms with Crippen molar-refractivity contribution in [3.63, 3.8) is 0 Å². The highest BCUT2D eigenvalue weighted by atomic mass is 16.3. The van der Waals surface area contributed by atoms with Gasteiger partial charge in [-0.3, -0.25) is 25.2 Å². The van der Waals surface area contributed by atoms with Gasteiger partial charge in [-0.05, 0) is 31.4 Å². The molecule has 1 fully saturated rings. The molecule has 29 heavy (non-hydrogen) atoms. The summed E-state index contributed by atoms with van der Waals surface area (Å²) >= 11 is 0. The zero-order chi connectivity index (χ0) is 20.5. The SMILES string of the molecule is Cc1cc(C(=O)NNC(=O)C2CC(=O)N(c3cccc4ccccc34)C2)c(C)o1. The minimum Gasteiger partial charge on any atom is -0.466 e. The average molecular weight is 391 g/mol. The molecule has 2 N–H and O–H groups in total. The molecule has 1 atom stereocenters. The van der Waals surface area contributed by atoms with Crippen molar-refractivity contribution in [3.05, 3.63) is 65.6 Å². The molecule has 0 spiro atoms. The van der Waals surface area contributed by atoms with E-state index in [4.69, 9.17) is 4.42 Å². The molecule has 2 heterocycles. The summed E-state index contributed by atoms with van der Waals surface area (Å²) in [5.41, 5.74) is 5.98. The van der Waals surface area contributed by atoms with E-state index in [1.807, 2.05) is 42.5 Å². The average Bonchev–Trinajstić information content (AvgIpc) is 3.27. The first-order chi connectivity index (χ1) is 13.9. The Morgan fingerprint density at radius 2 is 1.83 bits per heavy atom. The molecule has 7 heteroatoms. The van der Waals surface area contributed by atoms with Crippen LogP contribution in [0.4, 0.5) is 5.69 Å². The van der Waals surface area contributed by atoms with E-state index in [9.17, 15) is 14.4 Å². The van der Waals surface area contributed by atoms with E-state index in [1.165, 1.54) is 0 Å². The van der Waals surface area contributed by atoms with Crippen LogP contribution >= 0.6 is 0 Å². The standard InChI is InChI=1S/C22H21N3O4/c1-13-10-18(14(2)29-13)22(28)24-23-21(27)16-11-20(26)25(12-16)19-9-5-7-15-6-3-4-8-17(15)19/h3-10,16H,11-12H2,1-2H3,(H,23,27)(H,24,28).